The summed E-state index contributed by atoms with van der Waals surface area (Å²) in [5, 5.41) is 6.51. The second-order valence-corrected chi connectivity index (χ2v) is 5.41. The van der Waals surface area contributed by atoms with Crippen molar-refractivity contribution in [3.63, 3.8) is 0 Å². The first-order valence-corrected chi connectivity index (χ1v) is 6.42. The van der Waals surface area contributed by atoms with Gasteiger partial charge in [0.25, 0.3) is 0 Å². The fourth-order valence-corrected chi connectivity index (χ4v) is 2.89. The number of hydrogen-bond donors (Lipinski definition) is 1. The zero-order valence-corrected chi connectivity index (χ0v) is 10.3. The van der Waals surface area contributed by atoms with Gasteiger partial charge in [0.1, 0.15) is 0 Å². The van der Waals surface area contributed by atoms with Gasteiger partial charge in [-0.05, 0) is 26.9 Å². The van der Waals surface area contributed by atoms with Gasteiger partial charge in [-0.1, -0.05) is 12.8 Å². The molecule has 4 heteroatoms. The molecule has 1 aliphatic rings. The molecule has 3 nitrogen and oxygen atoms in total. The first kappa shape index (κ1) is 10.9. The minimum Gasteiger partial charge on any atom is -0.360 e. The van der Waals surface area contributed by atoms with Crippen LogP contribution in [0.4, 0.5) is 5.13 Å². The van der Waals surface area contributed by atoms with Crippen LogP contribution in [0, 0.1) is 0 Å². The van der Waals surface area contributed by atoms with Crippen LogP contribution in [0.2, 0.25) is 0 Å². The number of nitrogens with zero attached hydrogens (tertiary/aromatic N) is 2. The quantitative estimate of drug-likeness (QED) is 0.853. The highest BCUT2D eigenvalue weighted by Crippen LogP contribution is 2.34. The smallest absolute Gasteiger partial charge is 0.182 e. The van der Waals surface area contributed by atoms with E-state index in [-0.39, 0.29) is 0 Å². The van der Waals surface area contributed by atoms with Gasteiger partial charge in [0.15, 0.2) is 5.13 Å². The number of hydrogen-bond acceptors (Lipinski definition) is 4. The predicted octanol–water partition coefficient (Wildman–Crippen LogP) is 2.43. The monoisotopic (exact) mass is 225 g/mol. The third kappa shape index (κ3) is 2.32. The van der Waals surface area contributed by atoms with Gasteiger partial charge in [-0.3, -0.25) is 0 Å². The van der Waals surface area contributed by atoms with Crippen molar-refractivity contribution in [2.45, 2.75) is 31.2 Å². The van der Waals surface area contributed by atoms with E-state index < -0.39 is 0 Å². The molecule has 84 valence electrons. The largest absolute Gasteiger partial charge is 0.360 e. The summed E-state index contributed by atoms with van der Waals surface area (Å²) >= 11 is 1.68. The van der Waals surface area contributed by atoms with E-state index >= 15 is 0 Å². The average molecular weight is 225 g/mol. The molecule has 1 N–H and O–H groups in total. The van der Waals surface area contributed by atoms with Crippen LogP contribution in [0.3, 0.4) is 0 Å². The van der Waals surface area contributed by atoms with Gasteiger partial charge in [-0.15, -0.1) is 11.3 Å². The normalized spacial score (nSPS) is 19.7. The fraction of sp³-hybridized carbons (Fsp3) is 0.727. The summed E-state index contributed by atoms with van der Waals surface area (Å²) in [4.78, 5) is 6.63. The van der Waals surface area contributed by atoms with E-state index in [4.69, 9.17) is 0 Å². The molecular formula is C11H19N3S. The summed E-state index contributed by atoms with van der Waals surface area (Å²) in [6.07, 6.45) is 7.18. The topological polar surface area (TPSA) is 28.2 Å². The van der Waals surface area contributed by atoms with Crippen LogP contribution in [0.1, 0.15) is 25.7 Å². The molecule has 1 heterocycles. The van der Waals surface area contributed by atoms with E-state index in [2.05, 4.69) is 29.3 Å². The number of thiazole rings is 1. The summed E-state index contributed by atoms with van der Waals surface area (Å²) in [6.45, 7) is 1.02. The van der Waals surface area contributed by atoms with E-state index in [1.54, 1.807) is 11.3 Å². The number of aromatic nitrogens is 1. The summed E-state index contributed by atoms with van der Waals surface area (Å²) in [6, 6.07) is 0. The van der Waals surface area contributed by atoms with Crippen LogP contribution in [-0.4, -0.2) is 36.1 Å². The highest BCUT2D eigenvalue weighted by molar-refractivity contribution is 7.13. The maximum atomic E-state index is 4.26. The van der Waals surface area contributed by atoms with Crippen molar-refractivity contribution in [1.82, 2.24) is 9.88 Å². The lowest BCUT2D eigenvalue weighted by molar-refractivity contribution is 0.172. The molecule has 1 saturated carbocycles. The lowest BCUT2D eigenvalue weighted by atomic mass is 9.96. The molecule has 0 bridgehead atoms. The Hall–Kier alpha value is -0.610. The third-order valence-corrected chi connectivity index (χ3v) is 4.21. The molecule has 0 amide bonds. The van der Waals surface area contributed by atoms with Crippen molar-refractivity contribution in [2.24, 2.45) is 0 Å². The minimum atomic E-state index is 0.353. The maximum absolute atomic E-state index is 4.26. The van der Waals surface area contributed by atoms with E-state index in [1.807, 2.05) is 11.6 Å². The average Bonchev–Trinajstić information content (AvgIpc) is 2.87. The Kier molecular flexibility index (Phi) is 3.26. The standard InChI is InChI=1S/C11H19N3S/c1-14(2)11(5-3-4-6-11)9-13-10-12-7-8-15-10/h7-8H,3-6,9H2,1-2H3,(H,12,13). The maximum Gasteiger partial charge on any atom is 0.182 e. The minimum absolute atomic E-state index is 0.353. The second-order valence-electron chi connectivity index (χ2n) is 4.52. The highest BCUT2D eigenvalue weighted by atomic mass is 32.1. The number of anilines is 1. The molecular weight excluding hydrogens is 206 g/mol. The van der Waals surface area contributed by atoms with Gasteiger partial charge in [0.05, 0.1) is 0 Å². The number of nitrogens with one attached hydrogen (secondary N) is 1. The molecule has 1 aromatic heterocycles. The molecule has 0 aliphatic heterocycles. The molecule has 2 rings (SSSR count). The third-order valence-electron chi connectivity index (χ3n) is 3.48. The molecule has 0 radical (unpaired) electrons. The first-order valence-electron chi connectivity index (χ1n) is 5.54. The van der Waals surface area contributed by atoms with Gasteiger partial charge in [0.2, 0.25) is 0 Å². The van der Waals surface area contributed by atoms with Gasteiger partial charge < -0.3 is 10.2 Å². The zero-order chi connectivity index (χ0) is 10.7. The summed E-state index contributed by atoms with van der Waals surface area (Å²) in [5.74, 6) is 0. The Bertz CT molecular complexity index is 289. The van der Waals surface area contributed by atoms with Crippen molar-refractivity contribution in [1.29, 1.82) is 0 Å². The van der Waals surface area contributed by atoms with E-state index in [0.717, 1.165) is 11.7 Å². The highest BCUT2D eigenvalue weighted by Gasteiger charge is 2.35. The van der Waals surface area contributed by atoms with Crippen LogP contribution >= 0.6 is 11.3 Å². The van der Waals surface area contributed by atoms with Crippen LogP contribution in [0.5, 0.6) is 0 Å². The molecule has 0 aromatic carbocycles. The van der Waals surface area contributed by atoms with Gasteiger partial charge in [0, 0.05) is 23.7 Å². The number of likely N-dealkylation sites (N-methyl/N-ethyl adjacent to an activating group) is 1. The zero-order valence-electron chi connectivity index (χ0n) is 9.49. The number of rotatable bonds is 4. The van der Waals surface area contributed by atoms with Crippen molar-refractivity contribution in [2.75, 3.05) is 26.0 Å². The molecule has 1 aromatic rings. The van der Waals surface area contributed by atoms with Crippen LogP contribution < -0.4 is 5.32 Å². The van der Waals surface area contributed by atoms with Gasteiger partial charge in [-0.25, -0.2) is 4.98 Å². The predicted molar refractivity (Wildman–Crippen MR) is 65.5 cm³/mol. The summed E-state index contributed by atoms with van der Waals surface area (Å²) < 4.78 is 0. The Morgan fingerprint density at radius 3 is 2.73 bits per heavy atom. The molecule has 0 saturated heterocycles. The van der Waals surface area contributed by atoms with Gasteiger partial charge >= 0.3 is 0 Å². The van der Waals surface area contributed by atoms with Crippen LogP contribution in [0.25, 0.3) is 0 Å². The van der Waals surface area contributed by atoms with E-state index in [0.29, 0.717) is 5.54 Å². The van der Waals surface area contributed by atoms with E-state index in [9.17, 15) is 0 Å². The summed E-state index contributed by atoms with van der Waals surface area (Å²) in [5.41, 5.74) is 0.353. The molecule has 15 heavy (non-hydrogen) atoms. The van der Waals surface area contributed by atoms with Crippen molar-refractivity contribution < 1.29 is 0 Å². The summed E-state index contributed by atoms with van der Waals surface area (Å²) in [7, 11) is 4.38. The Morgan fingerprint density at radius 1 is 1.47 bits per heavy atom. The lowest BCUT2D eigenvalue weighted by Gasteiger charge is -2.36. The Balaban J connectivity index is 1.96. The Labute approximate surface area is 95.5 Å². The van der Waals surface area contributed by atoms with Crippen molar-refractivity contribution >= 4 is 16.5 Å². The first-order chi connectivity index (χ1) is 7.23. The molecule has 0 spiro atoms. The molecule has 0 unspecified atom stereocenters. The van der Waals surface area contributed by atoms with Crippen LogP contribution in [-0.2, 0) is 0 Å². The van der Waals surface area contributed by atoms with Gasteiger partial charge in [-0.2, -0.15) is 0 Å². The van der Waals surface area contributed by atoms with Crippen molar-refractivity contribution in [3.8, 4) is 0 Å². The Morgan fingerprint density at radius 2 is 2.20 bits per heavy atom. The van der Waals surface area contributed by atoms with Crippen molar-refractivity contribution in [3.05, 3.63) is 11.6 Å². The fourth-order valence-electron chi connectivity index (χ4n) is 2.37. The van der Waals surface area contributed by atoms with E-state index in [1.165, 1.54) is 25.7 Å². The lowest BCUT2D eigenvalue weighted by Crippen LogP contribution is -2.47. The molecule has 1 aliphatic carbocycles. The second kappa shape index (κ2) is 4.49. The molecule has 1 fully saturated rings. The SMILES string of the molecule is CN(C)C1(CNc2nccs2)CCCC1. The molecule has 0 atom stereocenters. The van der Waals surface area contributed by atoms with Crippen LogP contribution in [0.15, 0.2) is 11.6 Å².